The minimum atomic E-state index is 0.364. The Bertz CT molecular complexity index is 459. The second-order valence-corrected chi connectivity index (χ2v) is 3.96. The van der Waals surface area contributed by atoms with E-state index < -0.39 is 0 Å². The monoisotopic (exact) mass is 264 g/mol. The molecule has 1 aromatic carbocycles. The lowest BCUT2D eigenvalue weighted by Gasteiger charge is -2.06. The molecule has 0 fully saturated rings. The maximum atomic E-state index is 5.52. The van der Waals surface area contributed by atoms with Crippen LogP contribution in [0.25, 0.3) is 0 Å². The van der Waals surface area contributed by atoms with Gasteiger partial charge in [-0.25, -0.2) is 9.97 Å². The summed E-state index contributed by atoms with van der Waals surface area (Å²) in [6, 6.07) is 7.91. The van der Waals surface area contributed by atoms with Gasteiger partial charge in [0.15, 0.2) is 0 Å². The van der Waals surface area contributed by atoms with Crippen molar-refractivity contribution in [1.29, 1.82) is 0 Å². The summed E-state index contributed by atoms with van der Waals surface area (Å²) in [6.45, 7) is 1.98. The molecule has 0 aliphatic heterocycles. The molecule has 0 atom stereocenters. The van der Waals surface area contributed by atoms with Crippen LogP contribution in [0.2, 0.25) is 0 Å². The van der Waals surface area contributed by atoms with Crippen LogP contribution in [-0.4, -0.2) is 9.97 Å². The van der Waals surface area contributed by atoms with Gasteiger partial charge in [-0.2, -0.15) is 0 Å². The van der Waals surface area contributed by atoms with Crippen LogP contribution in [0, 0.1) is 6.92 Å². The first-order chi connectivity index (χ1) is 7.25. The van der Waals surface area contributed by atoms with Gasteiger partial charge in [0.05, 0.1) is 0 Å². The predicted octanol–water partition coefficient (Wildman–Crippen LogP) is 3.34. The second-order valence-electron chi connectivity index (χ2n) is 3.04. The number of ether oxygens (including phenoxy) is 1. The first-order valence-electron chi connectivity index (χ1n) is 4.47. The first kappa shape index (κ1) is 10.1. The number of aryl methyl sites for hydroxylation is 1. The molecule has 0 amide bonds. The molecule has 3 nitrogen and oxygen atoms in total. The molecular weight excluding hydrogens is 256 g/mol. The summed E-state index contributed by atoms with van der Waals surface area (Å²) >= 11 is 3.39. The van der Waals surface area contributed by atoms with Crippen molar-refractivity contribution in [3.63, 3.8) is 0 Å². The van der Waals surface area contributed by atoms with E-state index in [1.54, 1.807) is 18.5 Å². The van der Waals surface area contributed by atoms with E-state index in [4.69, 9.17) is 4.74 Å². The fourth-order valence-electron chi connectivity index (χ4n) is 1.16. The van der Waals surface area contributed by atoms with Crippen LogP contribution in [0.1, 0.15) is 5.56 Å². The third kappa shape index (κ3) is 2.53. The molecule has 0 bridgehead atoms. The Morgan fingerprint density at radius 2 is 1.93 bits per heavy atom. The van der Waals surface area contributed by atoms with Gasteiger partial charge in [-0.1, -0.05) is 15.9 Å². The van der Waals surface area contributed by atoms with E-state index in [1.807, 2.05) is 25.1 Å². The molecule has 0 aliphatic rings. The van der Waals surface area contributed by atoms with Gasteiger partial charge in [0.25, 0.3) is 0 Å². The van der Waals surface area contributed by atoms with E-state index in [0.717, 1.165) is 15.8 Å². The molecule has 2 aromatic rings. The molecule has 0 aliphatic carbocycles. The van der Waals surface area contributed by atoms with E-state index in [-0.39, 0.29) is 0 Å². The minimum Gasteiger partial charge on any atom is -0.424 e. The van der Waals surface area contributed by atoms with Gasteiger partial charge in [0.2, 0.25) is 0 Å². The fraction of sp³-hybridized carbons (Fsp3) is 0.0909. The van der Waals surface area contributed by atoms with Gasteiger partial charge in [0.1, 0.15) is 5.75 Å². The van der Waals surface area contributed by atoms with Crippen LogP contribution in [0.5, 0.6) is 11.8 Å². The summed E-state index contributed by atoms with van der Waals surface area (Å²) in [5.41, 5.74) is 1.04. The molecule has 0 saturated carbocycles. The number of halogens is 1. The summed E-state index contributed by atoms with van der Waals surface area (Å²) in [7, 11) is 0. The van der Waals surface area contributed by atoms with Crippen LogP contribution in [0.4, 0.5) is 0 Å². The molecule has 1 heterocycles. The molecule has 0 radical (unpaired) electrons. The zero-order chi connectivity index (χ0) is 10.7. The van der Waals surface area contributed by atoms with Crippen LogP contribution < -0.4 is 4.74 Å². The third-order valence-corrected chi connectivity index (χ3v) is 2.37. The highest BCUT2D eigenvalue weighted by Gasteiger charge is 2.02. The Balaban J connectivity index is 2.25. The quantitative estimate of drug-likeness (QED) is 0.835. The first-order valence-corrected chi connectivity index (χ1v) is 5.26. The van der Waals surface area contributed by atoms with Gasteiger partial charge in [-0.05, 0) is 36.8 Å². The van der Waals surface area contributed by atoms with Crippen molar-refractivity contribution in [1.82, 2.24) is 9.97 Å². The smallest absolute Gasteiger partial charge is 0.321 e. The van der Waals surface area contributed by atoms with Crippen molar-refractivity contribution < 1.29 is 4.74 Å². The maximum absolute atomic E-state index is 5.52. The van der Waals surface area contributed by atoms with E-state index in [2.05, 4.69) is 25.9 Å². The van der Waals surface area contributed by atoms with Crippen molar-refractivity contribution in [2.24, 2.45) is 0 Å². The number of hydrogen-bond donors (Lipinski definition) is 0. The van der Waals surface area contributed by atoms with Crippen molar-refractivity contribution in [2.45, 2.75) is 6.92 Å². The number of aromatic nitrogens is 2. The topological polar surface area (TPSA) is 35.0 Å². The highest BCUT2D eigenvalue weighted by atomic mass is 79.9. The average Bonchev–Trinajstić information content (AvgIpc) is 2.24. The van der Waals surface area contributed by atoms with Crippen LogP contribution >= 0.6 is 15.9 Å². The Morgan fingerprint density at radius 3 is 2.60 bits per heavy atom. The van der Waals surface area contributed by atoms with Crippen LogP contribution in [-0.2, 0) is 0 Å². The Kier molecular flexibility index (Phi) is 2.97. The molecule has 0 N–H and O–H groups in total. The van der Waals surface area contributed by atoms with E-state index in [9.17, 15) is 0 Å². The summed E-state index contributed by atoms with van der Waals surface area (Å²) in [6.07, 6.45) is 3.30. The van der Waals surface area contributed by atoms with Crippen molar-refractivity contribution in [2.75, 3.05) is 0 Å². The highest BCUT2D eigenvalue weighted by Crippen LogP contribution is 2.25. The van der Waals surface area contributed by atoms with Crippen LogP contribution in [0.15, 0.2) is 41.1 Å². The molecule has 0 unspecified atom stereocenters. The van der Waals surface area contributed by atoms with Gasteiger partial charge in [-0.15, -0.1) is 0 Å². The Labute approximate surface area is 96.3 Å². The number of nitrogens with zero attached hydrogens (tertiary/aromatic N) is 2. The molecule has 1 aromatic heterocycles. The second kappa shape index (κ2) is 4.40. The maximum Gasteiger partial charge on any atom is 0.321 e. The van der Waals surface area contributed by atoms with E-state index >= 15 is 0 Å². The Morgan fingerprint density at radius 1 is 1.20 bits per heavy atom. The number of hydrogen-bond acceptors (Lipinski definition) is 3. The van der Waals surface area contributed by atoms with Gasteiger partial charge in [-0.3, -0.25) is 0 Å². The molecule has 4 heteroatoms. The predicted molar refractivity (Wildman–Crippen MR) is 61.0 cm³/mol. The molecule has 0 spiro atoms. The molecule has 2 rings (SSSR count). The highest BCUT2D eigenvalue weighted by molar-refractivity contribution is 9.10. The van der Waals surface area contributed by atoms with Gasteiger partial charge >= 0.3 is 6.01 Å². The normalized spacial score (nSPS) is 10.0. The lowest BCUT2D eigenvalue weighted by Crippen LogP contribution is -1.91. The fourth-order valence-corrected chi connectivity index (χ4v) is 1.64. The zero-order valence-electron chi connectivity index (χ0n) is 8.14. The summed E-state index contributed by atoms with van der Waals surface area (Å²) in [4.78, 5) is 7.99. The largest absolute Gasteiger partial charge is 0.424 e. The molecular formula is C11H9BrN2O. The SMILES string of the molecule is Cc1cc(Br)ccc1Oc1ncccn1. The zero-order valence-corrected chi connectivity index (χ0v) is 9.73. The summed E-state index contributed by atoms with van der Waals surface area (Å²) in [5.74, 6) is 0.768. The lowest BCUT2D eigenvalue weighted by molar-refractivity contribution is 0.438. The third-order valence-electron chi connectivity index (χ3n) is 1.88. The van der Waals surface area contributed by atoms with Crippen molar-refractivity contribution in [3.8, 4) is 11.8 Å². The average molecular weight is 265 g/mol. The van der Waals surface area contributed by atoms with Crippen molar-refractivity contribution >= 4 is 15.9 Å². The number of benzene rings is 1. The van der Waals surface area contributed by atoms with E-state index in [1.165, 1.54) is 0 Å². The molecule has 0 saturated heterocycles. The summed E-state index contributed by atoms with van der Waals surface area (Å²) < 4.78 is 6.55. The number of rotatable bonds is 2. The lowest BCUT2D eigenvalue weighted by atomic mass is 10.2. The molecule has 76 valence electrons. The molecule has 15 heavy (non-hydrogen) atoms. The summed E-state index contributed by atoms with van der Waals surface area (Å²) in [5, 5.41) is 0. The van der Waals surface area contributed by atoms with Crippen molar-refractivity contribution in [3.05, 3.63) is 46.7 Å². The standard InChI is InChI=1S/C11H9BrN2O/c1-8-7-9(12)3-4-10(8)15-11-13-5-2-6-14-11/h2-7H,1H3. The Hall–Kier alpha value is -1.42. The minimum absolute atomic E-state index is 0.364. The van der Waals surface area contributed by atoms with Gasteiger partial charge in [0, 0.05) is 16.9 Å². The van der Waals surface area contributed by atoms with E-state index in [0.29, 0.717) is 6.01 Å². The van der Waals surface area contributed by atoms with Crippen LogP contribution in [0.3, 0.4) is 0 Å². The van der Waals surface area contributed by atoms with Gasteiger partial charge < -0.3 is 4.74 Å².